The number of aromatic nitrogens is 1. The molecule has 0 atom stereocenters. The number of rotatable bonds is 3. The molecule has 2 aromatic carbocycles. The molecule has 0 unspecified atom stereocenters. The van der Waals surface area contributed by atoms with E-state index < -0.39 is 10.0 Å². The molecular formula is C15H11ClN2O3S. The summed E-state index contributed by atoms with van der Waals surface area (Å²) in [6.45, 7) is 0. The number of hydrogen-bond donors (Lipinski definition) is 1. The van der Waals surface area contributed by atoms with Crippen molar-refractivity contribution in [3.63, 3.8) is 0 Å². The van der Waals surface area contributed by atoms with Crippen molar-refractivity contribution in [2.24, 2.45) is 5.14 Å². The number of nitrogens with two attached hydrogens (primary N) is 1. The van der Waals surface area contributed by atoms with Gasteiger partial charge in [0.2, 0.25) is 15.9 Å². The number of oxazole rings is 1. The Morgan fingerprint density at radius 2 is 1.82 bits per heavy atom. The van der Waals surface area contributed by atoms with Gasteiger partial charge in [-0.3, -0.25) is 0 Å². The molecule has 22 heavy (non-hydrogen) atoms. The largest absolute Gasteiger partial charge is 0.445 e. The molecule has 0 saturated heterocycles. The first kappa shape index (κ1) is 14.8. The van der Waals surface area contributed by atoms with Crippen molar-refractivity contribution in [3.05, 3.63) is 59.9 Å². The van der Waals surface area contributed by atoms with Crippen LogP contribution in [0.3, 0.4) is 0 Å². The normalized spacial score (nSPS) is 11.5. The minimum atomic E-state index is -3.87. The van der Waals surface area contributed by atoms with Gasteiger partial charge >= 0.3 is 0 Å². The van der Waals surface area contributed by atoms with E-state index in [2.05, 4.69) is 4.98 Å². The van der Waals surface area contributed by atoms with E-state index in [4.69, 9.17) is 21.2 Å². The van der Waals surface area contributed by atoms with Gasteiger partial charge in [0.1, 0.15) is 6.26 Å². The Balaban J connectivity index is 2.33. The molecule has 2 N–H and O–H groups in total. The molecule has 1 heterocycles. The van der Waals surface area contributed by atoms with Crippen LogP contribution in [0.1, 0.15) is 0 Å². The molecule has 0 radical (unpaired) electrons. The third kappa shape index (κ3) is 2.76. The van der Waals surface area contributed by atoms with Gasteiger partial charge in [0.05, 0.1) is 11.1 Å². The first-order chi connectivity index (χ1) is 10.5. The first-order valence-corrected chi connectivity index (χ1v) is 8.21. The van der Waals surface area contributed by atoms with Crippen LogP contribution in [0.5, 0.6) is 0 Å². The van der Waals surface area contributed by atoms with Gasteiger partial charge < -0.3 is 4.42 Å². The van der Waals surface area contributed by atoms with E-state index in [9.17, 15) is 8.42 Å². The van der Waals surface area contributed by atoms with Gasteiger partial charge in [0.25, 0.3) is 0 Å². The maximum Gasteiger partial charge on any atom is 0.238 e. The fraction of sp³-hybridized carbons (Fsp3) is 0. The van der Waals surface area contributed by atoms with E-state index in [1.807, 2.05) is 0 Å². The Morgan fingerprint density at radius 1 is 1.05 bits per heavy atom. The molecule has 0 spiro atoms. The van der Waals surface area contributed by atoms with Crippen molar-refractivity contribution in [2.45, 2.75) is 4.90 Å². The predicted octanol–water partition coefficient (Wildman–Crippen LogP) is 3.31. The van der Waals surface area contributed by atoms with E-state index in [-0.39, 0.29) is 4.90 Å². The molecule has 0 amide bonds. The second kappa shape index (κ2) is 5.57. The topological polar surface area (TPSA) is 86.2 Å². The molecule has 0 saturated carbocycles. The van der Waals surface area contributed by atoms with E-state index >= 15 is 0 Å². The second-order valence-electron chi connectivity index (χ2n) is 4.57. The average Bonchev–Trinajstić information content (AvgIpc) is 3.00. The third-order valence-electron chi connectivity index (χ3n) is 3.13. The summed E-state index contributed by atoms with van der Waals surface area (Å²) in [6.07, 6.45) is 2.96. The van der Waals surface area contributed by atoms with E-state index in [0.29, 0.717) is 27.6 Å². The molecule has 0 aliphatic carbocycles. The minimum Gasteiger partial charge on any atom is -0.445 e. The lowest BCUT2D eigenvalue weighted by atomic mass is 9.99. The zero-order valence-corrected chi connectivity index (χ0v) is 12.8. The summed E-state index contributed by atoms with van der Waals surface area (Å²) in [6, 6.07) is 11.5. The van der Waals surface area contributed by atoms with Gasteiger partial charge in [-0.05, 0) is 29.8 Å². The summed E-state index contributed by atoms with van der Waals surface area (Å²) >= 11 is 6.06. The Kier molecular flexibility index (Phi) is 3.74. The highest BCUT2D eigenvalue weighted by Gasteiger charge is 2.19. The van der Waals surface area contributed by atoms with Gasteiger partial charge in [0.15, 0.2) is 0 Å². The predicted molar refractivity (Wildman–Crippen MR) is 83.8 cm³/mol. The molecule has 3 aromatic rings. The molecule has 0 bridgehead atoms. The Labute approximate surface area is 132 Å². The number of halogens is 1. The summed E-state index contributed by atoms with van der Waals surface area (Å²) in [5.74, 6) is 0.371. The smallest absolute Gasteiger partial charge is 0.238 e. The van der Waals surface area contributed by atoms with Crippen LogP contribution in [-0.4, -0.2) is 13.4 Å². The summed E-state index contributed by atoms with van der Waals surface area (Å²) in [5.41, 5.74) is 1.66. The fourth-order valence-electron chi connectivity index (χ4n) is 2.22. The Hall–Kier alpha value is -2.15. The average molecular weight is 335 g/mol. The maximum atomic E-state index is 11.8. The lowest BCUT2D eigenvalue weighted by Crippen LogP contribution is -2.13. The maximum absolute atomic E-state index is 11.8. The SMILES string of the molecule is NS(=O)(=O)c1ccccc1-c1cc(Cl)ccc1-c1ncco1. The zero-order valence-electron chi connectivity index (χ0n) is 11.2. The van der Waals surface area contributed by atoms with Crippen LogP contribution in [0, 0.1) is 0 Å². The van der Waals surface area contributed by atoms with Crippen LogP contribution in [0.4, 0.5) is 0 Å². The van der Waals surface area contributed by atoms with Crippen molar-refractivity contribution < 1.29 is 12.8 Å². The molecule has 112 valence electrons. The highest BCUT2D eigenvalue weighted by molar-refractivity contribution is 7.89. The van der Waals surface area contributed by atoms with Crippen molar-refractivity contribution in [2.75, 3.05) is 0 Å². The van der Waals surface area contributed by atoms with Crippen LogP contribution in [0.25, 0.3) is 22.6 Å². The van der Waals surface area contributed by atoms with Gasteiger partial charge in [-0.1, -0.05) is 29.8 Å². The molecule has 0 aliphatic heterocycles. The van der Waals surface area contributed by atoms with Crippen molar-refractivity contribution in [1.82, 2.24) is 4.98 Å². The van der Waals surface area contributed by atoms with E-state index in [1.165, 1.54) is 18.5 Å². The fourth-order valence-corrected chi connectivity index (χ4v) is 3.14. The molecule has 7 heteroatoms. The highest BCUT2D eigenvalue weighted by Crippen LogP contribution is 2.36. The van der Waals surface area contributed by atoms with Crippen LogP contribution in [-0.2, 0) is 10.0 Å². The number of hydrogen-bond acceptors (Lipinski definition) is 4. The number of primary sulfonamides is 1. The Bertz CT molecular complexity index is 922. The van der Waals surface area contributed by atoms with E-state index in [1.54, 1.807) is 36.4 Å². The van der Waals surface area contributed by atoms with Gasteiger partial charge in [-0.15, -0.1) is 0 Å². The van der Waals surface area contributed by atoms with Gasteiger partial charge in [-0.2, -0.15) is 0 Å². The minimum absolute atomic E-state index is 0.0186. The first-order valence-electron chi connectivity index (χ1n) is 6.28. The summed E-state index contributed by atoms with van der Waals surface area (Å²) in [4.78, 5) is 4.12. The quantitative estimate of drug-likeness (QED) is 0.796. The van der Waals surface area contributed by atoms with Crippen LogP contribution >= 0.6 is 11.6 Å². The molecule has 0 fully saturated rings. The molecule has 0 aliphatic rings. The lowest BCUT2D eigenvalue weighted by Gasteiger charge is -2.11. The third-order valence-corrected chi connectivity index (χ3v) is 4.33. The van der Waals surface area contributed by atoms with Gasteiger partial charge in [0, 0.05) is 16.1 Å². The molecule has 1 aromatic heterocycles. The highest BCUT2D eigenvalue weighted by atomic mass is 35.5. The van der Waals surface area contributed by atoms with Crippen LogP contribution < -0.4 is 5.14 Å². The van der Waals surface area contributed by atoms with Gasteiger partial charge in [-0.25, -0.2) is 18.5 Å². The number of nitrogens with zero attached hydrogens (tertiary/aromatic N) is 1. The monoisotopic (exact) mass is 334 g/mol. The Morgan fingerprint density at radius 3 is 2.50 bits per heavy atom. The summed E-state index contributed by atoms with van der Waals surface area (Å²) in [5, 5.41) is 5.77. The van der Waals surface area contributed by atoms with Crippen LogP contribution in [0.15, 0.2) is 64.2 Å². The molecule has 5 nitrogen and oxygen atoms in total. The van der Waals surface area contributed by atoms with Crippen molar-refractivity contribution in [1.29, 1.82) is 0 Å². The molecule has 3 rings (SSSR count). The van der Waals surface area contributed by atoms with Crippen LogP contribution in [0.2, 0.25) is 5.02 Å². The lowest BCUT2D eigenvalue weighted by molar-refractivity contribution is 0.574. The standard InChI is InChI=1S/C15H11ClN2O3S/c16-10-5-6-12(15-18-7-8-21-15)13(9-10)11-3-1-2-4-14(11)22(17,19)20/h1-9H,(H2,17,19,20). The number of benzene rings is 2. The zero-order chi connectivity index (χ0) is 15.7. The van der Waals surface area contributed by atoms with Crippen molar-refractivity contribution in [3.8, 4) is 22.6 Å². The molecular weight excluding hydrogens is 324 g/mol. The second-order valence-corrected chi connectivity index (χ2v) is 6.53. The van der Waals surface area contributed by atoms with Crippen molar-refractivity contribution >= 4 is 21.6 Å². The van der Waals surface area contributed by atoms with E-state index in [0.717, 1.165) is 0 Å². The summed E-state index contributed by atoms with van der Waals surface area (Å²) in [7, 11) is -3.87. The summed E-state index contributed by atoms with van der Waals surface area (Å²) < 4.78 is 28.9. The number of sulfonamides is 1.